The third-order valence-electron chi connectivity index (χ3n) is 2.79. The van der Waals surface area contributed by atoms with Crippen molar-refractivity contribution in [2.24, 2.45) is 11.8 Å². The fraction of sp³-hybridized carbons (Fsp3) is 0.750. The van der Waals surface area contributed by atoms with E-state index in [0.717, 1.165) is 26.1 Å². The lowest BCUT2D eigenvalue weighted by Crippen LogP contribution is -2.30. The third-order valence-corrected chi connectivity index (χ3v) is 3.42. The minimum Gasteiger partial charge on any atom is -0.383 e. The molecule has 0 aliphatic carbocycles. The Hall–Kier alpha value is -0.450. The molecule has 1 atom stereocenters. The molecule has 0 aliphatic rings. The summed E-state index contributed by atoms with van der Waals surface area (Å²) in [4.78, 5) is 4.35. The van der Waals surface area contributed by atoms with Gasteiger partial charge in [-0.3, -0.25) is 0 Å². The number of methoxy groups -OCH3 is 1. The first-order chi connectivity index (χ1) is 7.74. The fourth-order valence-electron chi connectivity index (χ4n) is 1.61. The summed E-state index contributed by atoms with van der Waals surface area (Å²) in [5, 5.41) is 5.57. The standard InChI is InChI=1S/C12H22N2OS/c1-10(2)11(7-13-4-5-15-3)6-12-8-16-9-14-12/h8-11,13H,4-7H2,1-3H3. The van der Waals surface area contributed by atoms with E-state index in [1.54, 1.807) is 18.4 Å². The molecule has 4 heteroatoms. The van der Waals surface area contributed by atoms with Gasteiger partial charge in [0.25, 0.3) is 0 Å². The van der Waals surface area contributed by atoms with Crippen LogP contribution >= 0.6 is 11.3 Å². The SMILES string of the molecule is COCCNCC(Cc1cscn1)C(C)C. The second-order valence-corrected chi connectivity index (χ2v) is 5.10. The van der Waals surface area contributed by atoms with Gasteiger partial charge in [-0.25, -0.2) is 4.98 Å². The van der Waals surface area contributed by atoms with Gasteiger partial charge in [-0.05, 0) is 24.8 Å². The van der Waals surface area contributed by atoms with Crippen LogP contribution in [0.5, 0.6) is 0 Å². The van der Waals surface area contributed by atoms with E-state index in [-0.39, 0.29) is 0 Å². The molecule has 0 fully saturated rings. The first-order valence-corrected chi connectivity index (χ1v) is 6.75. The summed E-state index contributed by atoms with van der Waals surface area (Å²) < 4.78 is 5.02. The fourth-order valence-corrected chi connectivity index (χ4v) is 2.18. The van der Waals surface area contributed by atoms with Crippen molar-refractivity contribution in [2.45, 2.75) is 20.3 Å². The maximum atomic E-state index is 5.02. The van der Waals surface area contributed by atoms with E-state index < -0.39 is 0 Å². The monoisotopic (exact) mass is 242 g/mol. The predicted octanol–water partition coefficient (Wildman–Crippen LogP) is 2.19. The van der Waals surface area contributed by atoms with Crippen LogP contribution in [-0.2, 0) is 11.2 Å². The summed E-state index contributed by atoms with van der Waals surface area (Å²) in [6.45, 7) is 7.29. The lowest BCUT2D eigenvalue weighted by atomic mass is 9.91. The van der Waals surface area contributed by atoms with E-state index in [1.807, 2.05) is 5.51 Å². The second-order valence-electron chi connectivity index (χ2n) is 4.38. The van der Waals surface area contributed by atoms with Crippen molar-refractivity contribution in [1.29, 1.82) is 0 Å². The largest absolute Gasteiger partial charge is 0.383 e. The Morgan fingerprint density at radius 3 is 2.88 bits per heavy atom. The molecular formula is C12H22N2OS. The zero-order valence-electron chi connectivity index (χ0n) is 10.4. The highest BCUT2D eigenvalue weighted by Crippen LogP contribution is 2.16. The summed E-state index contributed by atoms with van der Waals surface area (Å²) >= 11 is 1.67. The van der Waals surface area contributed by atoms with Crippen LogP contribution in [0.4, 0.5) is 0 Å². The van der Waals surface area contributed by atoms with Crippen LogP contribution in [0.15, 0.2) is 10.9 Å². The number of rotatable bonds is 8. The predicted molar refractivity (Wildman–Crippen MR) is 68.9 cm³/mol. The Balaban J connectivity index is 2.30. The summed E-state index contributed by atoms with van der Waals surface area (Å²) in [6, 6.07) is 0. The topological polar surface area (TPSA) is 34.1 Å². The molecule has 1 unspecified atom stereocenters. The molecular weight excluding hydrogens is 220 g/mol. The minimum atomic E-state index is 0.652. The van der Waals surface area contributed by atoms with E-state index in [2.05, 4.69) is 29.5 Å². The number of thiazole rings is 1. The summed E-state index contributed by atoms with van der Waals surface area (Å²) in [5.41, 5.74) is 3.13. The molecule has 0 saturated carbocycles. The highest BCUT2D eigenvalue weighted by Gasteiger charge is 2.14. The lowest BCUT2D eigenvalue weighted by Gasteiger charge is -2.20. The molecule has 1 aromatic heterocycles. The first kappa shape index (κ1) is 13.6. The van der Waals surface area contributed by atoms with Gasteiger partial charge in [0, 0.05) is 19.0 Å². The minimum absolute atomic E-state index is 0.652. The molecule has 1 rings (SSSR count). The molecule has 1 N–H and O–H groups in total. The molecule has 1 heterocycles. The zero-order valence-corrected chi connectivity index (χ0v) is 11.2. The van der Waals surface area contributed by atoms with Gasteiger partial charge >= 0.3 is 0 Å². The molecule has 0 saturated heterocycles. The number of nitrogens with one attached hydrogen (secondary N) is 1. The molecule has 92 valence electrons. The number of nitrogens with zero attached hydrogens (tertiary/aromatic N) is 1. The van der Waals surface area contributed by atoms with Gasteiger partial charge in [-0.2, -0.15) is 0 Å². The highest BCUT2D eigenvalue weighted by molar-refractivity contribution is 7.07. The van der Waals surface area contributed by atoms with Crippen LogP contribution in [-0.4, -0.2) is 31.8 Å². The van der Waals surface area contributed by atoms with Gasteiger partial charge in [0.05, 0.1) is 17.8 Å². The normalized spacial score (nSPS) is 13.2. The van der Waals surface area contributed by atoms with E-state index in [0.29, 0.717) is 11.8 Å². The van der Waals surface area contributed by atoms with Crippen LogP contribution in [0.2, 0.25) is 0 Å². The highest BCUT2D eigenvalue weighted by atomic mass is 32.1. The zero-order chi connectivity index (χ0) is 11.8. The third kappa shape index (κ3) is 5.05. The van der Waals surface area contributed by atoms with Crippen molar-refractivity contribution < 1.29 is 4.74 Å². The summed E-state index contributed by atoms with van der Waals surface area (Å²) in [5.74, 6) is 1.33. The molecule has 3 nitrogen and oxygen atoms in total. The van der Waals surface area contributed by atoms with Crippen LogP contribution in [0.3, 0.4) is 0 Å². The number of hydrogen-bond acceptors (Lipinski definition) is 4. The molecule has 0 amide bonds. The van der Waals surface area contributed by atoms with Crippen molar-refractivity contribution in [3.8, 4) is 0 Å². The Kier molecular flexibility index (Phi) is 6.61. The van der Waals surface area contributed by atoms with Crippen molar-refractivity contribution >= 4 is 11.3 Å². The maximum absolute atomic E-state index is 5.02. The van der Waals surface area contributed by atoms with Crippen molar-refractivity contribution in [3.63, 3.8) is 0 Å². The second kappa shape index (κ2) is 7.76. The smallest absolute Gasteiger partial charge is 0.0794 e. The maximum Gasteiger partial charge on any atom is 0.0794 e. The number of hydrogen-bond donors (Lipinski definition) is 1. The van der Waals surface area contributed by atoms with E-state index in [1.165, 1.54) is 5.69 Å². The molecule has 0 spiro atoms. The van der Waals surface area contributed by atoms with Crippen molar-refractivity contribution in [2.75, 3.05) is 26.8 Å². The van der Waals surface area contributed by atoms with Gasteiger partial charge < -0.3 is 10.1 Å². The summed E-state index contributed by atoms with van der Waals surface area (Å²) in [6.07, 6.45) is 1.07. The van der Waals surface area contributed by atoms with Crippen molar-refractivity contribution in [3.05, 3.63) is 16.6 Å². The Bertz CT molecular complexity index is 262. The number of ether oxygens (including phenoxy) is 1. The van der Waals surface area contributed by atoms with Crippen LogP contribution in [0.25, 0.3) is 0 Å². The van der Waals surface area contributed by atoms with Gasteiger partial charge in [-0.1, -0.05) is 13.8 Å². The molecule has 16 heavy (non-hydrogen) atoms. The molecule has 0 aromatic carbocycles. The molecule has 1 aromatic rings. The molecule has 0 radical (unpaired) electrons. The Labute approximate surface area is 102 Å². The van der Waals surface area contributed by atoms with E-state index in [9.17, 15) is 0 Å². The van der Waals surface area contributed by atoms with E-state index in [4.69, 9.17) is 4.74 Å². The first-order valence-electron chi connectivity index (χ1n) is 5.80. The van der Waals surface area contributed by atoms with Gasteiger partial charge in [-0.15, -0.1) is 11.3 Å². The Morgan fingerprint density at radius 2 is 2.31 bits per heavy atom. The quantitative estimate of drug-likeness (QED) is 0.710. The number of aromatic nitrogens is 1. The molecule has 0 aliphatic heterocycles. The molecule has 0 bridgehead atoms. The van der Waals surface area contributed by atoms with Crippen molar-refractivity contribution in [1.82, 2.24) is 10.3 Å². The van der Waals surface area contributed by atoms with Gasteiger partial charge in [0.1, 0.15) is 0 Å². The van der Waals surface area contributed by atoms with E-state index >= 15 is 0 Å². The summed E-state index contributed by atoms with van der Waals surface area (Å²) in [7, 11) is 1.73. The van der Waals surface area contributed by atoms with Crippen LogP contribution < -0.4 is 5.32 Å². The van der Waals surface area contributed by atoms with Crippen LogP contribution in [0.1, 0.15) is 19.5 Å². The van der Waals surface area contributed by atoms with Crippen LogP contribution in [0, 0.1) is 11.8 Å². The average molecular weight is 242 g/mol. The Morgan fingerprint density at radius 1 is 1.50 bits per heavy atom. The van der Waals surface area contributed by atoms with Gasteiger partial charge in [0.2, 0.25) is 0 Å². The average Bonchev–Trinajstić information content (AvgIpc) is 2.75. The lowest BCUT2D eigenvalue weighted by molar-refractivity contribution is 0.196. The van der Waals surface area contributed by atoms with Gasteiger partial charge in [0.15, 0.2) is 0 Å².